The SMILES string of the molecule is CCCOC(=O)CNc1ccc(Br)cc1C(=O)c1ccccc1. The number of hydrogen-bond acceptors (Lipinski definition) is 4. The molecule has 0 bridgehead atoms. The number of halogens is 1. The first-order chi connectivity index (χ1) is 11.1. The van der Waals surface area contributed by atoms with Crippen molar-refractivity contribution in [1.82, 2.24) is 0 Å². The van der Waals surface area contributed by atoms with Crippen LogP contribution in [-0.4, -0.2) is 24.9 Å². The molecule has 0 aromatic heterocycles. The first kappa shape index (κ1) is 17.2. The topological polar surface area (TPSA) is 55.4 Å². The summed E-state index contributed by atoms with van der Waals surface area (Å²) in [5.74, 6) is -0.441. The van der Waals surface area contributed by atoms with Gasteiger partial charge >= 0.3 is 5.97 Å². The van der Waals surface area contributed by atoms with Gasteiger partial charge in [0.2, 0.25) is 0 Å². The van der Waals surface area contributed by atoms with Crippen molar-refractivity contribution in [2.75, 3.05) is 18.5 Å². The zero-order valence-electron chi connectivity index (χ0n) is 12.8. The number of anilines is 1. The predicted molar refractivity (Wildman–Crippen MR) is 93.8 cm³/mol. The Morgan fingerprint density at radius 3 is 2.57 bits per heavy atom. The summed E-state index contributed by atoms with van der Waals surface area (Å²) in [6.45, 7) is 2.36. The van der Waals surface area contributed by atoms with Crippen LogP contribution in [0.5, 0.6) is 0 Å². The number of esters is 1. The van der Waals surface area contributed by atoms with Gasteiger partial charge < -0.3 is 10.1 Å². The van der Waals surface area contributed by atoms with E-state index < -0.39 is 0 Å². The zero-order chi connectivity index (χ0) is 16.7. The van der Waals surface area contributed by atoms with Gasteiger partial charge in [0.1, 0.15) is 6.54 Å². The molecule has 23 heavy (non-hydrogen) atoms. The summed E-state index contributed by atoms with van der Waals surface area (Å²) in [6.07, 6.45) is 0.780. The van der Waals surface area contributed by atoms with E-state index in [-0.39, 0.29) is 18.3 Å². The molecular weight excluding hydrogens is 358 g/mol. The summed E-state index contributed by atoms with van der Waals surface area (Å²) >= 11 is 3.38. The molecule has 1 N–H and O–H groups in total. The molecule has 0 unspecified atom stereocenters. The average molecular weight is 376 g/mol. The van der Waals surface area contributed by atoms with Crippen molar-refractivity contribution in [2.45, 2.75) is 13.3 Å². The van der Waals surface area contributed by atoms with Crippen LogP contribution in [0.3, 0.4) is 0 Å². The molecule has 0 aliphatic carbocycles. The molecule has 0 saturated carbocycles. The largest absolute Gasteiger partial charge is 0.464 e. The fourth-order valence-corrected chi connectivity index (χ4v) is 2.40. The van der Waals surface area contributed by atoms with Gasteiger partial charge in [0, 0.05) is 21.3 Å². The highest BCUT2D eigenvalue weighted by Crippen LogP contribution is 2.24. The second kappa shape index (κ2) is 8.48. The highest BCUT2D eigenvalue weighted by atomic mass is 79.9. The first-order valence-electron chi connectivity index (χ1n) is 7.40. The highest BCUT2D eigenvalue weighted by molar-refractivity contribution is 9.10. The molecule has 2 aromatic carbocycles. The Morgan fingerprint density at radius 2 is 1.87 bits per heavy atom. The number of ketones is 1. The summed E-state index contributed by atoms with van der Waals surface area (Å²) < 4.78 is 5.83. The lowest BCUT2D eigenvalue weighted by molar-refractivity contribution is -0.141. The molecule has 2 aromatic rings. The van der Waals surface area contributed by atoms with Crippen LogP contribution in [0.15, 0.2) is 53.0 Å². The summed E-state index contributed by atoms with van der Waals surface area (Å²) in [7, 11) is 0. The van der Waals surface area contributed by atoms with Crippen LogP contribution in [-0.2, 0) is 9.53 Å². The van der Waals surface area contributed by atoms with E-state index in [2.05, 4.69) is 21.2 Å². The molecule has 5 heteroatoms. The molecule has 0 radical (unpaired) electrons. The van der Waals surface area contributed by atoms with Gasteiger partial charge in [-0.1, -0.05) is 53.2 Å². The lowest BCUT2D eigenvalue weighted by Gasteiger charge is -2.12. The number of carbonyl (C=O) groups is 2. The molecule has 0 aliphatic rings. The fraction of sp³-hybridized carbons (Fsp3) is 0.222. The Labute approximate surface area is 144 Å². The van der Waals surface area contributed by atoms with Gasteiger partial charge in [0.25, 0.3) is 0 Å². The van der Waals surface area contributed by atoms with E-state index in [1.54, 1.807) is 24.3 Å². The molecule has 0 heterocycles. The smallest absolute Gasteiger partial charge is 0.325 e. The van der Waals surface area contributed by atoms with Gasteiger partial charge in [-0.15, -0.1) is 0 Å². The van der Waals surface area contributed by atoms with E-state index >= 15 is 0 Å². The number of benzene rings is 2. The Morgan fingerprint density at radius 1 is 1.13 bits per heavy atom. The monoisotopic (exact) mass is 375 g/mol. The third-order valence-corrected chi connectivity index (χ3v) is 3.65. The van der Waals surface area contributed by atoms with E-state index in [9.17, 15) is 9.59 Å². The van der Waals surface area contributed by atoms with Crippen molar-refractivity contribution in [1.29, 1.82) is 0 Å². The Bertz CT molecular complexity index is 686. The van der Waals surface area contributed by atoms with Crippen LogP contribution >= 0.6 is 15.9 Å². The molecule has 120 valence electrons. The van der Waals surface area contributed by atoms with Crippen molar-refractivity contribution in [2.24, 2.45) is 0 Å². The van der Waals surface area contributed by atoms with Crippen molar-refractivity contribution >= 4 is 33.4 Å². The molecule has 0 fully saturated rings. The maximum absolute atomic E-state index is 12.7. The van der Waals surface area contributed by atoms with Gasteiger partial charge in [0.05, 0.1) is 6.61 Å². The highest BCUT2D eigenvalue weighted by Gasteiger charge is 2.15. The Kier molecular flexibility index (Phi) is 6.35. The number of hydrogen-bond donors (Lipinski definition) is 1. The van der Waals surface area contributed by atoms with Crippen LogP contribution in [0.2, 0.25) is 0 Å². The summed E-state index contributed by atoms with van der Waals surface area (Å²) in [5.41, 5.74) is 1.71. The maximum atomic E-state index is 12.7. The first-order valence-corrected chi connectivity index (χ1v) is 8.20. The lowest BCUT2D eigenvalue weighted by atomic mass is 10.0. The van der Waals surface area contributed by atoms with Crippen molar-refractivity contribution < 1.29 is 14.3 Å². The quantitative estimate of drug-likeness (QED) is 0.585. The van der Waals surface area contributed by atoms with Crippen LogP contribution in [0.1, 0.15) is 29.3 Å². The molecule has 0 aliphatic heterocycles. The number of carbonyl (C=O) groups excluding carboxylic acids is 2. The molecule has 4 nitrogen and oxygen atoms in total. The molecule has 0 atom stereocenters. The maximum Gasteiger partial charge on any atom is 0.325 e. The minimum absolute atomic E-state index is 0.0245. The summed E-state index contributed by atoms with van der Waals surface area (Å²) in [5, 5.41) is 2.98. The number of ether oxygens (including phenoxy) is 1. The van der Waals surface area contributed by atoms with Crippen molar-refractivity contribution in [3.8, 4) is 0 Å². The third kappa shape index (κ3) is 4.93. The molecular formula is C18H18BrNO3. The second-order valence-corrected chi connectivity index (χ2v) is 5.87. The van der Waals surface area contributed by atoms with Gasteiger partial charge in [-0.05, 0) is 24.6 Å². The molecule has 2 rings (SSSR count). The van der Waals surface area contributed by atoms with Gasteiger partial charge in [0.15, 0.2) is 5.78 Å². The number of nitrogens with one attached hydrogen (secondary N) is 1. The van der Waals surface area contributed by atoms with E-state index in [4.69, 9.17) is 4.74 Å². The van der Waals surface area contributed by atoms with Gasteiger partial charge in [-0.2, -0.15) is 0 Å². The van der Waals surface area contributed by atoms with E-state index in [0.717, 1.165) is 10.9 Å². The van der Waals surface area contributed by atoms with Crippen molar-refractivity contribution in [3.63, 3.8) is 0 Å². The summed E-state index contributed by atoms with van der Waals surface area (Å²) in [4.78, 5) is 24.3. The Hall–Kier alpha value is -2.14. The van der Waals surface area contributed by atoms with Gasteiger partial charge in [-0.3, -0.25) is 9.59 Å². The Balaban J connectivity index is 2.17. The average Bonchev–Trinajstić information content (AvgIpc) is 2.59. The predicted octanol–water partition coefficient (Wildman–Crippen LogP) is 4.05. The number of rotatable bonds is 7. The molecule has 0 saturated heterocycles. The van der Waals surface area contributed by atoms with E-state index in [1.165, 1.54) is 0 Å². The molecule has 0 spiro atoms. The second-order valence-electron chi connectivity index (χ2n) is 4.96. The normalized spacial score (nSPS) is 10.2. The fourth-order valence-electron chi connectivity index (χ4n) is 2.04. The zero-order valence-corrected chi connectivity index (χ0v) is 14.4. The van der Waals surface area contributed by atoms with Crippen LogP contribution in [0.4, 0.5) is 5.69 Å². The van der Waals surface area contributed by atoms with E-state index in [1.807, 2.05) is 31.2 Å². The van der Waals surface area contributed by atoms with Crippen molar-refractivity contribution in [3.05, 3.63) is 64.1 Å². The summed E-state index contributed by atoms with van der Waals surface area (Å²) in [6, 6.07) is 14.4. The lowest BCUT2D eigenvalue weighted by Crippen LogP contribution is -2.18. The minimum Gasteiger partial charge on any atom is -0.464 e. The van der Waals surface area contributed by atoms with Gasteiger partial charge in [-0.25, -0.2) is 0 Å². The standard InChI is InChI=1S/C18H18BrNO3/c1-2-10-23-17(21)12-20-16-9-8-14(19)11-15(16)18(22)13-6-4-3-5-7-13/h3-9,11,20H,2,10,12H2,1H3. The minimum atomic E-state index is -0.340. The van der Waals surface area contributed by atoms with Crippen LogP contribution in [0.25, 0.3) is 0 Å². The third-order valence-electron chi connectivity index (χ3n) is 3.15. The van der Waals surface area contributed by atoms with Crippen LogP contribution in [0, 0.1) is 0 Å². The van der Waals surface area contributed by atoms with Crippen LogP contribution < -0.4 is 5.32 Å². The molecule has 0 amide bonds. The van der Waals surface area contributed by atoms with E-state index in [0.29, 0.717) is 23.4 Å².